The molecule has 1 aliphatic rings. The number of benzene rings is 1. The Kier molecular flexibility index (Phi) is 4.25. The van der Waals surface area contributed by atoms with Crippen molar-refractivity contribution in [3.8, 4) is 5.75 Å². The third-order valence-electron chi connectivity index (χ3n) is 3.80. The van der Waals surface area contributed by atoms with E-state index >= 15 is 0 Å². The summed E-state index contributed by atoms with van der Waals surface area (Å²) in [6.07, 6.45) is 3.30. The van der Waals surface area contributed by atoms with Crippen LogP contribution in [0.25, 0.3) is 0 Å². The highest BCUT2D eigenvalue weighted by atomic mass is 16.5. The molecule has 3 heteroatoms. The van der Waals surface area contributed by atoms with Crippen LogP contribution in [0.1, 0.15) is 43.5 Å². The van der Waals surface area contributed by atoms with Gasteiger partial charge in [0.05, 0.1) is 6.10 Å². The fraction of sp³-hybridized carbons (Fsp3) is 0.562. The van der Waals surface area contributed by atoms with E-state index in [1.807, 2.05) is 45.2 Å². The Labute approximate surface area is 115 Å². The lowest BCUT2D eigenvalue weighted by molar-refractivity contribution is 0.0614. The summed E-state index contributed by atoms with van der Waals surface area (Å²) < 4.78 is 5.60. The molecule has 104 valence electrons. The predicted octanol–water partition coefficient (Wildman–Crippen LogP) is 3.05. The number of rotatable bonds is 6. The minimum atomic E-state index is -0.171. The summed E-state index contributed by atoms with van der Waals surface area (Å²) in [5.41, 5.74) is 0.626. The molecule has 19 heavy (non-hydrogen) atoms. The van der Waals surface area contributed by atoms with Crippen LogP contribution in [0, 0.1) is 5.41 Å². The second-order valence-electron chi connectivity index (χ2n) is 5.68. The van der Waals surface area contributed by atoms with E-state index < -0.39 is 0 Å². The van der Waals surface area contributed by atoms with Gasteiger partial charge in [0.2, 0.25) is 0 Å². The zero-order chi connectivity index (χ0) is 13.9. The van der Waals surface area contributed by atoms with Crippen LogP contribution in [-0.4, -0.2) is 25.5 Å². The van der Waals surface area contributed by atoms with Gasteiger partial charge in [-0.05, 0) is 58.0 Å². The van der Waals surface area contributed by atoms with E-state index in [1.54, 1.807) is 0 Å². The van der Waals surface area contributed by atoms with E-state index in [2.05, 4.69) is 5.32 Å². The topological polar surface area (TPSA) is 38.3 Å². The van der Waals surface area contributed by atoms with Gasteiger partial charge in [-0.1, -0.05) is 6.42 Å². The van der Waals surface area contributed by atoms with Crippen LogP contribution in [-0.2, 0) is 0 Å². The third-order valence-corrected chi connectivity index (χ3v) is 3.80. The quantitative estimate of drug-likeness (QED) is 0.800. The largest absolute Gasteiger partial charge is 0.491 e. The maximum atomic E-state index is 12.6. The molecule has 1 saturated carbocycles. The summed E-state index contributed by atoms with van der Waals surface area (Å²) in [6, 6.07) is 7.55. The number of nitrogens with one attached hydrogen (secondary N) is 1. The van der Waals surface area contributed by atoms with Gasteiger partial charge in [0.25, 0.3) is 0 Å². The van der Waals surface area contributed by atoms with Gasteiger partial charge in [0.15, 0.2) is 5.78 Å². The van der Waals surface area contributed by atoms with Crippen molar-refractivity contribution in [1.82, 2.24) is 5.32 Å². The highest BCUT2D eigenvalue weighted by Gasteiger charge is 2.43. The Morgan fingerprint density at radius 2 is 1.95 bits per heavy atom. The van der Waals surface area contributed by atoms with E-state index in [0.717, 1.165) is 37.1 Å². The van der Waals surface area contributed by atoms with Crippen LogP contribution < -0.4 is 10.1 Å². The molecule has 0 radical (unpaired) electrons. The number of hydrogen-bond acceptors (Lipinski definition) is 3. The van der Waals surface area contributed by atoms with Crippen molar-refractivity contribution in [2.75, 3.05) is 13.6 Å². The molecule has 0 aromatic heterocycles. The normalized spacial score (nSPS) is 17.1. The van der Waals surface area contributed by atoms with Crippen LogP contribution in [0.4, 0.5) is 0 Å². The van der Waals surface area contributed by atoms with E-state index in [-0.39, 0.29) is 17.3 Å². The summed E-state index contributed by atoms with van der Waals surface area (Å²) in [4.78, 5) is 12.6. The molecular weight excluding hydrogens is 238 g/mol. The van der Waals surface area contributed by atoms with Crippen molar-refractivity contribution in [2.24, 2.45) is 5.41 Å². The first-order valence-corrected chi connectivity index (χ1v) is 7.03. The highest BCUT2D eigenvalue weighted by molar-refractivity contribution is 6.01. The Balaban J connectivity index is 2.11. The van der Waals surface area contributed by atoms with Gasteiger partial charge >= 0.3 is 0 Å². The average molecular weight is 261 g/mol. The molecule has 2 rings (SSSR count). The molecule has 0 aliphatic heterocycles. The molecule has 0 saturated heterocycles. The summed E-state index contributed by atoms with van der Waals surface area (Å²) in [5.74, 6) is 1.09. The third kappa shape index (κ3) is 2.98. The second-order valence-corrected chi connectivity index (χ2v) is 5.68. The number of carbonyl (C=O) groups is 1. The van der Waals surface area contributed by atoms with Crippen molar-refractivity contribution in [2.45, 2.75) is 39.2 Å². The minimum Gasteiger partial charge on any atom is -0.491 e. The number of hydrogen-bond donors (Lipinski definition) is 1. The summed E-state index contributed by atoms with van der Waals surface area (Å²) in [6.45, 7) is 4.76. The van der Waals surface area contributed by atoms with Crippen LogP contribution >= 0.6 is 0 Å². The standard InChI is InChI=1S/C16H23NO2/c1-12(2)19-14-7-5-13(6-8-14)15(18)16(11-17-3)9-4-10-16/h5-8,12,17H,4,9-11H2,1-3H3. The molecule has 1 fully saturated rings. The highest BCUT2D eigenvalue weighted by Crippen LogP contribution is 2.43. The fourth-order valence-electron chi connectivity index (χ4n) is 2.69. The first-order valence-electron chi connectivity index (χ1n) is 7.03. The van der Waals surface area contributed by atoms with Crippen molar-refractivity contribution < 1.29 is 9.53 Å². The number of ketones is 1. The maximum Gasteiger partial charge on any atom is 0.170 e. The lowest BCUT2D eigenvalue weighted by Gasteiger charge is -2.40. The Morgan fingerprint density at radius 1 is 1.32 bits per heavy atom. The lowest BCUT2D eigenvalue weighted by Crippen LogP contribution is -2.45. The van der Waals surface area contributed by atoms with Gasteiger partial charge in [0.1, 0.15) is 5.75 Å². The Morgan fingerprint density at radius 3 is 2.37 bits per heavy atom. The van der Waals surface area contributed by atoms with Crippen molar-refractivity contribution >= 4 is 5.78 Å². The minimum absolute atomic E-state index is 0.156. The van der Waals surface area contributed by atoms with Crippen molar-refractivity contribution in [3.63, 3.8) is 0 Å². The molecule has 3 nitrogen and oxygen atoms in total. The smallest absolute Gasteiger partial charge is 0.170 e. The van der Waals surface area contributed by atoms with E-state index in [4.69, 9.17) is 4.74 Å². The summed E-state index contributed by atoms with van der Waals surface area (Å²) in [7, 11) is 1.91. The fourth-order valence-corrected chi connectivity index (χ4v) is 2.69. The first kappa shape index (κ1) is 14.1. The van der Waals surface area contributed by atoms with Crippen LogP contribution in [0.15, 0.2) is 24.3 Å². The molecule has 1 aromatic carbocycles. The molecule has 0 bridgehead atoms. The predicted molar refractivity (Wildman–Crippen MR) is 76.7 cm³/mol. The first-order chi connectivity index (χ1) is 9.07. The molecular formula is C16H23NO2. The van der Waals surface area contributed by atoms with Gasteiger partial charge < -0.3 is 10.1 Å². The number of ether oxygens (including phenoxy) is 1. The molecule has 1 aromatic rings. The van der Waals surface area contributed by atoms with Gasteiger partial charge in [-0.3, -0.25) is 4.79 Å². The number of carbonyl (C=O) groups excluding carboxylic acids is 1. The number of Topliss-reactive ketones (excluding diaryl/α,β-unsaturated/α-hetero) is 1. The monoisotopic (exact) mass is 261 g/mol. The lowest BCUT2D eigenvalue weighted by atomic mass is 9.64. The second kappa shape index (κ2) is 5.74. The summed E-state index contributed by atoms with van der Waals surface area (Å²) in [5, 5.41) is 3.15. The zero-order valence-electron chi connectivity index (χ0n) is 12.0. The molecule has 1 N–H and O–H groups in total. The molecule has 0 unspecified atom stereocenters. The van der Waals surface area contributed by atoms with Gasteiger partial charge in [-0.2, -0.15) is 0 Å². The maximum absolute atomic E-state index is 12.6. The van der Waals surface area contributed by atoms with Crippen LogP contribution in [0.2, 0.25) is 0 Å². The van der Waals surface area contributed by atoms with Crippen molar-refractivity contribution in [3.05, 3.63) is 29.8 Å². The van der Waals surface area contributed by atoms with Crippen LogP contribution in [0.5, 0.6) is 5.75 Å². The van der Waals surface area contributed by atoms with E-state index in [0.29, 0.717) is 0 Å². The van der Waals surface area contributed by atoms with Gasteiger partial charge in [0, 0.05) is 17.5 Å². The van der Waals surface area contributed by atoms with Crippen molar-refractivity contribution in [1.29, 1.82) is 0 Å². The zero-order valence-corrected chi connectivity index (χ0v) is 12.0. The Bertz CT molecular complexity index is 433. The SMILES string of the molecule is CNCC1(C(=O)c2ccc(OC(C)C)cc2)CCC1. The van der Waals surface area contributed by atoms with E-state index in [1.165, 1.54) is 0 Å². The van der Waals surface area contributed by atoms with Gasteiger partial charge in [-0.15, -0.1) is 0 Å². The molecule has 0 atom stereocenters. The van der Waals surface area contributed by atoms with E-state index in [9.17, 15) is 4.79 Å². The average Bonchev–Trinajstić information content (AvgIpc) is 2.33. The molecule has 0 amide bonds. The molecule has 1 aliphatic carbocycles. The molecule has 0 heterocycles. The van der Waals surface area contributed by atoms with Gasteiger partial charge in [-0.25, -0.2) is 0 Å². The Hall–Kier alpha value is -1.35. The summed E-state index contributed by atoms with van der Waals surface area (Å²) >= 11 is 0. The molecule has 0 spiro atoms. The van der Waals surface area contributed by atoms with Crippen LogP contribution in [0.3, 0.4) is 0 Å².